The van der Waals surface area contributed by atoms with E-state index in [4.69, 9.17) is 0 Å². The fourth-order valence-electron chi connectivity index (χ4n) is 2.62. The molecule has 0 N–H and O–H groups in total. The fraction of sp³-hybridized carbons (Fsp3) is 0.176. The number of hydrogen-bond acceptors (Lipinski definition) is 3. The Morgan fingerprint density at radius 3 is 2.59 bits per heavy atom. The van der Waals surface area contributed by atoms with E-state index in [-0.39, 0.29) is 5.56 Å². The molecule has 0 saturated carbocycles. The van der Waals surface area contributed by atoms with Crippen molar-refractivity contribution < 1.29 is 0 Å². The third-order valence-electron chi connectivity index (χ3n) is 3.68. The Morgan fingerprint density at radius 1 is 1.18 bits per heavy atom. The Kier molecular flexibility index (Phi) is 4.13. The highest BCUT2D eigenvalue weighted by atomic mass is 27.1. The minimum absolute atomic E-state index is 0.0203. The van der Waals surface area contributed by atoms with Gasteiger partial charge in [-0.15, -0.1) is 0 Å². The standard InChI is InChI=1S/C17H16N3O.Al/c1-18-9-12-3-5-13(6-4-12)16-11-20(2)17(21)15-10-19-8-7-14(15)16;/h3-8,10-11H,9H2,1-2H3;/q-1;+1. The van der Waals surface area contributed by atoms with Crippen molar-refractivity contribution in [2.75, 3.05) is 7.05 Å². The van der Waals surface area contributed by atoms with Gasteiger partial charge in [-0.2, -0.15) is 0 Å². The van der Waals surface area contributed by atoms with Crippen molar-refractivity contribution in [1.82, 2.24) is 13.4 Å². The number of hydrogen-bond donors (Lipinski definition) is 0. The lowest BCUT2D eigenvalue weighted by atomic mass is 10.0. The summed E-state index contributed by atoms with van der Waals surface area (Å²) in [6.07, 6.45) is 5.25. The molecule has 0 spiro atoms. The molecule has 2 heterocycles. The third kappa shape index (κ3) is 2.84. The number of pyridine rings is 2. The van der Waals surface area contributed by atoms with Gasteiger partial charge in [-0.25, -0.2) is 0 Å². The molecule has 0 unspecified atom stereocenters. The third-order valence-corrected chi connectivity index (χ3v) is 3.86. The Bertz CT molecular complexity index is 869. The molecule has 22 heavy (non-hydrogen) atoms. The van der Waals surface area contributed by atoms with Gasteiger partial charge in [0.05, 0.1) is 5.39 Å². The van der Waals surface area contributed by atoms with E-state index in [1.807, 2.05) is 19.3 Å². The molecule has 0 aliphatic rings. The largest absolute Gasteiger partial charge is 0.401 e. The highest BCUT2D eigenvalue weighted by Crippen LogP contribution is 2.26. The molecular weight excluding hydrogens is 289 g/mol. The van der Waals surface area contributed by atoms with Crippen LogP contribution in [0.15, 0.2) is 53.7 Å². The summed E-state index contributed by atoms with van der Waals surface area (Å²) in [6.45, 7) is 0.878. The maximum absolute atomic E-state index is 12.2. The van der Waals surface area contributed by atoms with Crippen LogP contribution in [0.25, 0.3) is 21.9 Å². The lowest BCUT2D eigenvalue weighted by Gasteiger charge is -2.13. The molecule has 0 aliphatic carbocycles. The van der Waals surface area contributed by atoms with Crippen LogP contribution in [0.5, 0.6) is 0 Å². The average molecular weight is 305 g/mol. The minimum Gasteiger partial charge on any atom is -0.401 e. The quantitative estimate of drug-likeness (QED) is 0.696. The highest BCUT2D eigenvalue weighted by Gasteiger charge is 2.09. The van der Waals surface area contributed by atoms with Gasteiger partial charge < -0.3 is 8.45 Å². The van der Waals surface area contributed by atoms with E-state index in [0.717, 1.165) is 23.1 Å². The Labute approximate surface area is 137 Å². The van der Waals surface area contributed by atoms with Gasteiger partial charge in [0.2, 0.25) is 0 Å². The predicted octanol–water partition coefficient (Wildman–Crippen LogP) is 2.12. The molecule has 0 amide bonds. The van der Waals surface area contributed by atoms with Crippen molar-refractivity contribution in [2.45, 2.75) is 6.54 Å². The number of nitrogens with zero attached hydrogens (tertiary/aromatic N) is 3. The SMILES string of the molecule is C[N]([Al])Cc1ccc(-c2cn(C)c(=O)c3cnccc23)cc1. The molecule has 5 heteroatoms. The molecular formula is C17H16AlN3O. The van der Waals surface area contributed by atoms with E-state index in [9.17, 15) is 4.79 Å². The lowest BCUT2D eigenvalue weighted by Crippen LogP contribution is -2.16. The summed E-state index contributed by atoms with van der Waals surface area (Å²) < 4.78 is 3.67. The first kappa shape index (κ1) is 15.0. The van der Waals surface area contributed by atoms with E-state index < -0.39 is 0 Å². The topological polar surface area (TPSA) is 38.1 Å². The van der Waals surface area contributed by atoms with Crippen molar-refractivity contribution in [3.8, 4) is 11.1 Å². The van der Waals surface area contributed by atoms with E-state index in [2.05, 4.69) is 49.6 Å². The van der Waals surface area contributed by atoms with Crippen molar-refractivity contribution in [2.24, 2.45) is 7.05 Å². The van der Waals surface area contributed by atoms with E-state index >= 15 is 0 Å². The molecule has 2 aromatic heterocycles. The maximum atomic E-state index is 12.2. The molecule has 0 bridgehead atoms. The zero-order valence-electron chi connectivity index (χ0n) is 12.7. The Balaban J connectivity index is 2.14. The zero-order chi connectivity index (χ0) is 15.7. The van der Waals surface area contributed by atoms with Crippen molar-refractivity contribution >= 4 is 27.3 Å². The molecule has 0 atom stereocenters. The maximum Gasteiger partial charge on any atom is 0.259 e. The molecule has 3 rings (SSSR count). The summed E-state index contributed by atoms with van der Waals surface area (Å²) in [5.74, 6) is 0. The van der Waals surface area contributed by atoms with Gasteiger partial charge in [0.15, 0.2) is 0 Å². The monoisotopic (exact) mass is 305 g/mol. The second-order valence-corrected chi connectivity index (χ2v) is 6.37. The second-order valence-electron chi connectivity index (χ2n) is 5.49. The summed E-state index contributed by atoms with van der Waals surface area (Å²) in [6, 6.07) is 10.3. The van der Waals surface area contributed by atoms with Crippen LogP contribution in [0, 0.1) is 0 Å². The molecule has 0 saturated heterocycles. The van der Waals surface area contributed by atoms with Crippen LogP contribution in [-0.4, -0.2) is 37.0 Å². The summed E-state index contributed by atoms with van der Waals surface area (Å²) in [4.78, 5) is 16.3. The summed E-state index contributed by atoms with van der Waals surface area (Å²) in [5, 5.41) is 1.59. The zero-order valence-corrected chi connectivity index (χ0v) is 13.8. The summed E-state index contributed by atoms with van der Waals surface area (Å²) in [7, 11) is 3.79. The second kappa shape index (κ2) is 6.06. The van der Waals surface area contributed by atoms with Crippen molar-refractivity contribution in [1.29, 1.82) is 0 Å². The van der Waals surface area contributed by atoms with Gasteiger partial charge in [0.1, 0.15) is 0 Å². The van der Waals surface area contributed by atoms with Gasteiger partial charge in [0, 0.05) is 37.7 Å². The number of fused-ring (bicyclic) bond motifs is 1. The Morgan fingerprint density at radius 2 is 1.91 bits per heavy atom. The van der Waals surface area contributed by atoms with Gasteiger partial charge in [-0.3, -0.25) is 9.78 Å². The van der Waals surface area contributed by atoms with Crippen molar-refractivity contribution in [3.63, 3.8) is 0 Å². The molecule has 0 fully saturated rings. The number of rotatable bonds is 3. The number of aromatic nitrogens is 2. The van der Waals surface area contributed by atoms with Crippen molar-refractivity contribution in [3.05, 3.63) is 64.8 Å². The van der Waals surface area contributed by atoms with E-state index in [0.29, 0.717) is 5.39 Å². The van der Waals surface area contributed by atoms with Crippen LogP contribution in [0.1, 0.15) is 5.56 Å². The first-order chi connectivity index (χ1) is 10.6. The number of benzene rings is 1. The van der Waals surface area contributed by atoms with Gasteiger partial charge in [-0.1, -0.05) is 24.3 Å². The molecule has 0 aliphatic heterocycles. The Hall–Kier alpha value is -1.93. The van der Waals surface area contributed by atoms with Crippen LogP contribution < -0.4 is 5.56 Å². The molecule has 108 valence electrons. The van der Waals surface area contributed by atoms with Crippen LogP contribution in [-0.2, 0) is 13.6 Å². The molecule has 1 aromatic carbocycles. The smallest absolute Gasteiger partial charge is 0.259 e. The minimum atomic E-state index is -0.0203. The van der Waals surface area contributed by atoms with Crippen LogP contribution in [0.3, 0.4) is 0 Å². The van der Waals surface area contributed by atoms with Crippen LogP contribution in [0.4, 0.5) is 0 Å². The molecule has 4 nitrogen and oxygen atoms in total. The van der Waals surface area contributed by atoms with Gasteiger partial charge in [0.25, 0.3) is 22.1 Å². The normalized spacial score (nSPS) is 11.2. The first-order valence-corrected chi connectivity index (χ1v) is 7.56. The van der Waals surface area contributed by atoms with Gasteiger partial charge >= 0.3 is 0 Å². The van der Waals surface area contributed by atoms with E-state index in [1.165, 1.54) is 5.56 Å². The molecule has 3 aromatic rings. The average Bonchev–Trinajstić information content (AvgIpc) is 2.51. The van der Waals surface area contributed by atoms with Gasteiger partial charge in [-0.05, 0) is 29.6 Å². The summed E-state index contributed by atoms with van der Waals surface area (Å²) in [5.41, 5.74) is 3.37. The van der Waals surface area contributed by atoms with Crippen LogP contribution in [0.2, 0.25) is 0 Å². The van der Waals surface area contributed by atoms with E-state index in [1.54, 1.807) is 24.0 Å². The first-order valence-electron chi connectivity index (χ1n) is 7.05. The highest BCUT2D eigenvalue weighted by molar-refractivity contribution is 6.04. The predicted molar refractivity (Wildman–Crippen MR) is 89.6 cm³/mol. The fourth-order valence-corrected chi connectivity index (χ4v) is 2.83. The number of aryl methyl sites for hydroxylation is 1. The lowest BCUT2D eigenvalue weighted by molar-refractivity contribution is 0.544. The summed E-state index contributed by atoms with van der Waals surface area (Å²) >= 11 is 2.66. The van der Waals surface area contributed by atoms with Crippen LogP contribution >= 0.6 is 0 Å². The molecule has 2 radical (unpaired) electrons.